The summed E-state index contributed by atoms with van der Waals surface area (Å²) in [6.07, 6.45) is 12.3. The first kappa shape index (κ1) is 17.6. The Morgan fingerprint density at radius 1 is 1.19 bits per heavy atom. The van der Waals surface area contributed by atoms with Crippen LogP contribution in [0.15, 0.2) is 36.5 Å². The number of hydrogen-bond donors (Lipinski definition) is 3. The maximum absolute atomic E-state index is 12.6. The molecule has 0 spiro atoms. The molecule has 5 nitrogen and oxygen atoms in total. The molecule has 1 aromatic carbocycles. The number of methoxy groups -OCH3 is 1. The van der Waals surface area contributed by atoms with E-state index in [2.05, 4.69) is 10.3 Å². The van der Waals surface area contributed by atoms with Gasteiger partial charge in [-0.15, -0.1) is 0 Å². The van der Waals surface area contributed by atoms with Crippen LogP contribution in [0.3, 0.4) is 0 Å². The average Bonchev–Trinajstić information content (AvgIpc) is 3.25. The van der Waals surface area contributed by atoms with Crippen molar-refractivity contribution in [1.82, 2.24) is 4.98 Å². The fourth-order valence-corrected chi connectivity index (χ4v) is 3.93. The number of rotatable bonds is 4. The number of fused-ring (bicyclic) bond motifs is 1. The predicted molar refractivity (Wildman–Crippen MR) is 107 cm³/mol. The fraction of sp³-hybridized carbons (Fsp3) is 0.318. The molecule has 1 aliphatic heterocycles. The van der Waals surface area contributed by atoms with Crippen molar-refractivity contribution in [3.63, 3.8) is 0 Å². The smallest absolute Gasteiger partial charge is 0.256 e. The summed E-state index contributed by atoms with van der Waals surface area (Å²) >= 11 is 0. The molecule has 3 N–H and O–H groups in total. The number of aliphatic hydroxyl groups is 1. The van der Waals surface area contributed by atoms with Gasteiger partial charge in [-0.1, -0.05) is 43.5 Å². The lowest BCUT2D eigenvalue weighted by Gasteiger charge is -2.28. The van der Waals surface area contributed by atoms with Crippen molar-refractivity contribution < 1.29 is 14.6 Å². The molecule has 1 amide bonds. The van der Waals surface area contributed by atoms with Crippen molar-refractivity contribution in [2.24, 2.45) is 0 Å². The van der Waals surface area contributed by atoms with E-state index in [0.29, 0.717) is 11.3 Å². The van der Waals surface area contributed by atoms with Crippen LogP contribution < -0.4 is 10.1 Å². The van der Waals surface area contributed by atoms with Gasteiger partial charge in [0, 0.05) is 17.4 Å². The first-order chi connectivity index (χ1) is 13.1. The number of nitrogens with one attached hydrogen (secondary N) is 2. The summed E-state index contributed by atoms with van der Waals surface area (Å²) in [4.78, 5) is 15.7. The maximum Gasteiger partial charge on any atom is 0.256 e. The largest absolute Gasteiger partial charge is 0.495 e. The Morgan fingerprint density at radius 2 is 2.00 bits per heavy atom. The van der Waals surface area contributed by atoms with Gasteiger partial charge in [0.05, 0.1) is 24.0 Å². The van der Waals surface area contributed by atoms with E-state index in [4.69, 9.17) is 4.74 Å². The van der Waals surface area contributed by atoms with E-state index in [1.807, 2.05) is 42.5 Å². The van der Waals surface area contributed by atoms with Crippen molar-refractivity contribution in [2.75, 3.05) is 12.4 Å². The highest BCUT2D eigenvalue weighted by molar-refractivity contribution is 6.35. The second-order valence-electron chi connectivity index (χ2n) is 7.24. The molecule has 2 aliphatic rings. The van der Waals surface area contributed by atoms with E-state index < -0.39 is 5.60 Å². The van der Waals surface area contributed by atoms with Crippen LogP contribution in [0.5, 0.6) is 5.75 Å². The molecule has 0 bridgehead atoms. The average molecular weight is 364 g/mol. The summed E-state index contributed by atoms with van der Waals surface area (Å²) in [5.74, 6) is 0.548. The zero-order valence-corrected chi connectivity index (χ0v) is 15.4. The summed E-state index contributed by atoms with van der Waals surface area (Å²) in [6.45, 7) is 0. The first-order valence-electron chi connectivity index (χ1n) is 9.39. The molecule has 4 rings (SSSR count). The second kappa shape index (κ2) is 7.08. The molecule has 0 radical (unpaired) electrons. The Balaban J connectivity index is 1.73. The monoisotopic (exact) mass is 364 g/mol. The summed E-state index contributed by atoms with van der Waals surface area (Å²) in [5.41, 5.74) is 3.15. The molecule has 0 unspecified atom stereocenters. The van der Waals surface area contributed by atoms with E-state index in [1.165, 1.54) is 6.42 Å². The van der Waals surface area contributed by atoms with Crippen molar-refractivity contribution in [3.8, 4) is 5.75 Å². The predicted octanol–water partition coefficient (Wildman–Crippen LogP) is 4.22. The van der Waals surface area contributed by atoms with E-state index >= 15 is 0 Å². The molecular formula is C22H24N2O3. The van der Waals surface area contributed by atoms with Crippen LogP contribution >= 0.6 is 0 Å². The van der Waals surface area contributed by atoms with Crippen LogP contribution in [0, 0.1) is 0 Å². The topological polar surface area (TPSA) is 74.4 Å². The van der Waals surface area contributed by atoms with Gasteiger partial charge in [-0.25, -0.2) is 0 Å². The number of carbonyl (C=O) groups excluding carboxylic acids is 1. The molecule has 1 aliphatic carbocycles. The molecule has 140 valence electrons. The third-order valence-corrected chi connectivity index (χ3v) is 5.40. The minimum absolute atomic E-state index is 0.140. The number of anilines is 1. The van der Waals surface area contributed by atoms with Gasteiger partial charge in [-0.05, 0) is 36.6 Å². The van der Waals surface area contributed by atoms with Crippen LogP contribution in [-0.2, 0) is 4.79 Å². The summed E-state index contributed by atoms with van der Waals surface area (Å²) in [6, 6.07) is 7.61. The maximum atomic E-state index is 12.6. The van der Waals surface area contributed by atoms with E-state index in [-0.39, 0.29) is 5.91 Å². The Bertz CT molecular complexity index is 917. The van der Waals surface area contributed by atoms with Gasteiger partial charge >= 0.3 is 0 Å². The van der Waals surface area contributed by atoms with Gasteiger partial charge in [0.25, 0.3) is 5.91 Å². The molecule has 27 heavy (non-hydrogen) atoms. The quantitative estimate of drug-likeness (QED) is 0.711. The number of benzene rings is 1. The third-order valence-electron chi connectivity index (χ3n) is 5.40. The SMILES string of the molecule is COc1cc[nH]c1C=C1C(=O)Nc2cccc(C=CC3(O)CCCCC3)c21. The van der Waals surface area contributed by atoms with Crippen LogP contribution in [0.4, 0.5) is 5.69 Å². The van der Waals surface area contributed by atoms with Crippen LogP contribution in [0.2, 0.25) is 0 Å². The van der Waals surface area contributed by atoms with Crippen molar-refractivity contribution in [2.45, 2.75) is 37.7 Å². The van der Waals surface area contributed by atoms with Gasteiger partial charge in [0.1, 0.15) is 5.75 Å². The lowest BCUT2D eigenvalue weighted by Crippen LogP contribution is -2.28. The Morgan fingerprint density at radius 3 is 2.78 bits per heavy atom. The lowest BCUT2D eigenvalue weighted by atomic mass is 9.84. The lowest BCUT2D eigenvalue weighted by molar-refractivity contribution is -0.110. The molecule has 0 atom stereocenters. The van der Waals surface area contributed by atoms with Crippen LogP contribution in [-0.4, -0.2) is 28.7 Å². The van der Waals surface area contributed by atoms with Gasteiger partial charge in [-0.2, -0.15) is 0 Å². The van der Waals surface area contributed by atoms with Crippen LogP contribution in [0.1, 0.15) is 48.9 Å². The molecule has 2 aromatic rings. The van der Waals surface area contributed by atoms with Gasteiger partial charge < -0.3 is 20.1 Å². The van der Waals surface area contributed by atoms with Crippen LogP contribution in [0.25, 0.3) is 17.7 Å². The van der Waals surface area contributed by atoms with E-state index in [1.54, 1.807) is 13.3 Å². The molecule has 1 fully saturated rings. The summed E-state index contributed by atoms with van der Waals surface area (Å²) < 4.78 is 5.33. The molecule has 1 aromatic heterocycles. The number of aromatic nitrogens is 1. The zero-order chi connectivity index (χ0) is 18.9. The third kappa shape index (κ3) is 3.43. The number of aromatic amines is 1. The highest BCUT2D eigenvalue weighted by Gasteiger charge is 2.28. The second-order valence-corrected chi connectivity index (χ2v) is 7.24. The Kier molecular flexibility index (Phi) is 4.62. The number of ether oxygens (including phenoxy) is 1. The number of H-pyrrole nitrogens is 1. The summed E-state index contributed by atoms with van der Waals surface area (Å²) in [7, 11) is 1.60. The number of hydrogen-bond acceptors (Lipinski definition) is 3. The molecular weight excluding hydrogens is 340 g/mol. The Labute approximate surface area is 158 Å². The minimum Gasteiger partial charge on any atom is -0.495 e. The Hall–Kier alpha value is -2.79. The van der Waals surface area contributed by atoms with Gasteiger partial charge in [0.2, 0.25) is 0 Å². The summed E-state index contributed by atoms with van der Waals surface area (Å²) in [5, 5.41) is 13.7. The van der Waals surface area contributed by atoms with E-state index in [0.717, 1.165) is 48.2 Å². The standard InChI is InChI=1S/C22H24N2O3/c1-27-19-9-13-23-18(19)14-16-20-15(6-5-7-17(20)24-21(16)25)8-12-22(26)10-3-2-4-11-22/h5-9,12-14,23,26H,2-4,10-11H2,1H3,(H,24,25). The highest BCUT2D eigenvalue weighted by atomic mass is 16.5. The normalized spacial score (nSPS) is 20.1. The molecule has 1 saturated carbocycles. The molecule has 2 heterocycles. The minimum atomic E-state index is -0.746. The van der Waals surface area contributed by atoms with Crippen molar-refractivity contribution >= 4 is 29.3 Å². The number of amides is 1. The zero-order valence-electron chi connectivity index (χ0n) is 15.4. The van der Waals surface area contributed by atoms with Crippen molar-refractivity contribution in [3.05, 3.63) is 53.4 Å². The molecule has 5 heteroatoms. The van der Waals surface area contributed by atoms with Gasteiger partial charge in [-0.3, -0.25) is 4.79 Å². The molecule has 0 saturated heterocycles. The highest BCUT2D eigenvalue weighted by Crippen LogP contribution is 2.38. The van der Waals surface area contributed by atoms with Gasteiger partial charge in [0.15, 0.2) is 0 Å². The first-order valence-corrected chi connectivity index (χ1v) is 9.39. The fourth-order valence-electron chi connectivity index (χ4n) is 3.93. The van der Waals surface area contributed by atoms with Crippen molar-refractivity contribution in [1.29, 1.82) is 0 Å². The van der Waals surface area contributed by atoms with E-state index in [9.17, 15) is 9.90 Å². The number of carbonyl (C=O) groups is 1.